The van der Waals surface area contributed by atoms with Gasteiger partial charge in [-0.05, 0) is 25.8 Å². The van der Waals surface area contributed by atoms with Crippen molar-refractivity contribution in [1.82, 2.24) is 15.3 Å². The molecular weight excluding hydrogens is 400 g/mol. The fourth-order valence-corrected chi connectivity index (χ4v) is 3.75. The molecule has 1 aliphatic carbocycles. The van der Waals surface area contributed by atoms with Gasteiger partial charge in [0, 0.05) is 37.0 Å². The van der Waals surface area contributed by atoms with E-state index in [0.717, 1.165) is 18.4 Å². The predicted molar refractivity (Wildman–Crippen MR) is 113 cm³/mol. The Bertz CT molecular complexity index is 1150. The molecule has 1 N–H and O–H groups in total. The number of furan rings is 1. The number of anilines is 1. The third-order valence-corrected chi connectivity index (χ3v) is 6.05. The van der Waals surface area contributed by atoms with E-state index < -0.39 is 0 Å². The predicted octanol–water partition coefficient (Wildman–Crippen LogP) is 2.92. The number of carbonyl (C=O) groups is 1. The summed E-state index contributed by atoms with van der Waals surface area (Å²) in [7, 11) is 3.53. The van der Waals surface area contributed by atoms with Crippen LogP contribution >= 0.6 is 0 Å². The average molecular weight is 424 g/mol. The molecule has 0 bridgehead atoms. The largest absolute Gasteiger partial charge is 0.496 e. The van der Waals surface area contributed by atoms with Gasteiger partial charge in [0.15, 0.2) is 11.5 Å². The van der Waals surface area contributed by atoms with Crippen LogP contribution in [0.3, 0.4) is 0 Å². The van der Waals surface area contributed by atoms with Crippen LogP contribution in [-0.2, 0) is 6.54 Å². The van der Waals surface area contributed by atoms with Crippen LogP contribution in [0, 0.1) is 0 Å². The molecule has 31 heavy (non-hydrogen) atoms. The Hall–Kier alpha value is -3.49. The number of rotatable bonds is 6. The quantitative estimate of drug-likeness (QED) is 0.645. The Morgan fingerprint density at radius 2 is 2.00 bits per heavy atom. The number of methoxy groups -OCH3 is 1. The van der Waals surface area contributed by atoms with Crippen LogP contribution in [0.5, 0.6) is 17.2 Å². The number of ether oxygens (including phenoxy) is 3. The molecule has 2 aliphatic rings. The highest BCUT2D eigenvalue weighted by Gasteiger charge is 2.44. The summed E-state index contributed by atoms with van der Waals surface area (Å²) in [5.74, 6) is 2.13. The summed E-state index contributed by atoms with van der Waals surface area (Å²) in [6.07, 6.45) is 5.11. The molecule has 2 aromatic heterocycles. The zero-order valence-electron chi connectivity index (χ0n) is 17.7. The highest BCUT2D eigenvalue weighted by molar-refractivity contribution is 6.09. The van der Waals surface area contributed by atoms with E-state index in [0.29, 0.717) is 53.0 Å². The van der Waals surface area contributed by atoms with E-state index in [4.69, 9.17) is 18.6 Å². The maximum atomic E-state index is 13.3. The van der Waals surface area contributed by atoms with E-state index in [1.165, 1.54) is 6.33 Å². The zero-order valence-corrected chi connectivity index (χ0v) is 17.7. The summed E-state index contributed by atoms with van der Waals surface area (Å²) in [5.41, 5.74) is 1.59. The lowest BCUT2D eigenvalue weighted by atomic mass is 10.1. The van der Waals surface area contributed by atoms with E-state index in [1.54, 1.807) is 19.4 Å². The van der Waals surface area contributed by atoms with Crippen molar-refractivity contribution in [3.63, 3.8) is 0 Å². The first-order valence-corrected chi connectivity index (χ1v) is 10.2. The van der Waals surface area contributed by atoms with Crippen LogP contribution in [0.2, 0.25) is 0 Å². The van der Waals surface area contributed by atoms with Crippen molar-refractivity contribution in [2.45, 2.75) is 31.8 Å². The topological polar surface area (TPSA) is 99.0 Å². The van der Waals surface area contributed by atoms with Gasteiger partial charge in [-0.15, -0.1) is 0 Å². The second-order valence-electron chi connectivity index (χ2n) is 8.07. The third-order valence-electron chi connectivity index (χ3n) is 6.05. The molecule has 9 heteroatoms. The van der Waals surface area contributed by atoms with E-state index in [-0.39, 0.29) is 18.0 Å². The van der Waals surface area contributed by atoms with Crippen LogP contribution in [0.1, 0.15) is 35.7 Å². The Kier molecular flexibility index (Phi) is 4.60. The van der Waals surface area contributed by atoms with Crippen LogP contribution in [0.25, 0.3) is 11.1 Å². The summed E-state index contributed by atoms with van der Waals surface area (Å²) in [5, 5.41) is 3.57. The molecule has 0 unspecified atom stereocenters. The molecule has 162 valence electrons. The number of carbonyl (C=O) groups excluding carboxylic acids is 1. The molecule has 1 aliphatic heterocycles. The van der Waals surface area contributed by atoms with Gasteiger partial charge in [0.1, 0.15) is 30.9 Å². The normalized spacial score (nSPS) is 16.1. The van der Waals surface area contributed by atoms with E-state index in [1.807, 2.05) is 18.0 Å². The number of fused-ring (bicyclic) bond motifs is 2. The summed E-state index contributed by atoms with van der Waals surface area (Å²) >= 11 is 0. The smallest absolute Gasteiger partial charge is 0.257 e. The standard InChI is InChI=1S/C22H24N4O5/c1-22(4-5-22)26(2)21-18(14-11-23-12-25-20(14)31-21)19(27)24-10-13-8-16-17(9-15(13)28-3)30-7-6-29-16/h8-9,11-12H,4-7,10H2,1-3H3,(H,24,27). The maximum Gasteiger partial charge on any atom is 0.257 e. The van der Waals surface area contributed by atoms with Crippen molar-refractivity contribution in [3.8, 4) is 17.2 Å². The fourth-order valence-electron chi connectivity index (χ4n) is 3.75. The van der Waals surface area contributed by atoms with Crippen LogP contribution < -0.4 is 24.4 Å². The van der Waals surface area contributed by atoms with Gasteiger partial charge in [-0.3, -0.25) is 4.79 Å². The Morgan fingerprint density at radius 1 is 1.26 bits per heavy atom. The van der Waals surface area contributed by atoms with Gasteiger partial charge in [0.2, 0.25) is 11.6 Å². The van der Waals surface area contributed by atoms with Gasteiger partial charge in [0.05, 0.1) is 12.5 Å². The molecule has 9 nitrogen and oxygen atoms in total. The summed E-state index contributed by atoms with van der Waals surface area (Å²) in [6, 6.07) is 3.62. The Morgan fingerprint density at radius 3 is 2.71 bits per heavy atom. The van der Waals surface area contributed by atoms with Crippen molar-refractivity contribution in [1.29, 1.82) is 0 Å². The van der Waals surface area contributed by atoms with Gasteiger partial charge >= 0.3 is 0 Å². The molecule has 0 spiro atoms. The lowest BCUT2D eigenvalue weighted by molar-refractivity contribution is 0.0952. The summed E-state index contributed by atoms with van der Waals surface area (Å²) in [6.45, 7) is 3.38. The van der Waals surface area contributed by atoms with Crippen molar-refractivity contribution in [2.24, 2.45) is 0 Å². The monoisotopic (exact) mass is 424 g/mol. The van der Waals surface area contributed by atoms with Gasteiger partial charge < -0.3 is 28.8 Å². The molecule has 0 saturated heterocycles. The minimum absolute atomic E-state index is 0.0185. The average Bonchev–Trinajstić information content (AvgIpc) is 3.43. The number of nitrogens with one attached hydrogen (secondary N) is 1. The molecule has 5 rings (SSSR count). The van der Waals surface area contributed by atoms with Gasteiger partial charge in [-0.25, -0.2) is 9.97 Å². The Balaban J connectivity index is 1.45. The van der Waals surface area contributed by atoms with Crippen molar-refractivity contribution < 1.29 is 23.4 Å². The van der Waals surface area contributed by atoms with Crippen LogP contribution in [0.4, 0.5) is 5.88 Å². The first-order valence-electron chi connectivity index (χ1n) is 10.2. The molecule has 1 aromatic carbocycles. The Labute approximate surface area is 179 Å². The number of aromatic nitrogens is 2. The first-order chi connectivity index (χ1) is 15.0. The molecule has 3 aromatic rings. The SMILES string of the molecule is COc1cc2c(cc1CNC(=O)c1c(N(C)C3(C)CC3)oc3ncncc13)OCCO2. The number of benzene rings is 1. The van der Waals surface area contributed by atoms with Crippen molar-refractivity contribution >= 4 is 22.9 Å². The van der Waals surface area contributed by atoms with Gasteiger partial charge in [-0.2, -0.15) is 0 Å². The summed E-state index contributed by atoms with van der Waals surface area (Å²) < 4.78 is 22.7. The van der Waals surface area contributed by atoms with Crippen LogP contribution in [0.15, 0.2) is 29.1 Å². The van der Waals surface area contributed by atoms with E-state index >= 15 is 0 Å². The third kappa shape index (κ3) is 3.39. The second kappa shape index (κ2) is 7.33. The van der Waals surface area contributed by atoms with Crippen molar-refractivity contribution in [3.05, 3.63) is 35.8 Å². The van der Waals surface area contributed by atoms with Crippen molar-refractivity contribution in [2.75, 3.05) is 32.3 Å². The molecular formula is C22H24N4O5. The molecule has 0 radical (unpaired) electrons. The molecule has 1 amide bonds. The molecule has 0 atom stereocenters. The molecule has 3 heterocycles. The molecule has 1 fully saturated rings. The number of amides is 1. The van der Waals surface area contributed by atoms with E-state index in [9.17, 15) is 4.79 Å². The highest BCUT2D eigenvalue weighted by atomic mass is 16.6. The number of hydrogen-bond donors (Lipinski definition) is 1. The van der Waals surface area contributed by atoms with Gasteiger partial charge in [0.25, 0.3) is 5.91 Å². The minimum atomic E-state index is -0.267. The first kappa shape index (κ1) is 19.5. The second-order valence-corrected chi connectivity index (χ2v) is 8.07. The number of hydrogen-bond acceptors (Lipinski definition) is 8. The number of nitrogens with zero attached hydrogens (tertiary/aromatic N) is 3. The molecule has 1 saturated carbocycles. The highest BCUT2D eigenvalue weighted by Crippen LogP contribution is 2.45. The zero-order chi connectivity index (χ0) is 21.6. The van der Waals surface area contributed by atoms with E-state index in [2.05, 4.69) is 22.2 Å². The lowest BCUT2D eigenvalue weighted by Gasteiger charge is -2.25. The summed E-state index contributed by atoms with van der Waals surface area (Å²) in [4.78, 5) is 23.6. The lowest BCUT2D eigenvalue weighted by Crippen LogP contribution is -2.33. The minimum Gasteiger partial charge on any atom is -0.496 e. The maximum absolute atomic E-state index is 13.3. The van der Waals surface area contributed by atoms with Gasteiger partial charge in [-0.1, -0.05) is 0 Å². The van der Waals surface area contributed by atoms with Crippen LogP contribution in [-0.4, -0.2) is 48.8 Å². The fraction of sp³-hybridized carbons (Fsp3) is 0.409.